The van der Waals surface area contributed by atoms with E-state index in [2.05, 4.69) is 35.9 Å². The number of rotatable bonds is 7. The van der Waals surface area contributed by atoms with Gasteiger partial charge in [0.2, 0.25) is 0 Å². The van der Waals surface area contributed by atoms with Crippen LogP contribution < -0.4 is 0 Å². The average molecular weight is 245 g/mol. The number of aliphatic hydroxyl groups excluding tert-OH is 1. The minimum absolute atomic E-state index is 0.123. The molecule has 0 aliphatic heterocycles. The van der Waals surface area contributed by atoms with Crippen molar-refractivity contribution >= 4 is 10.9 Å². The van der Waals surface area contributed by atoms with Crippen molar-refractivity contribution in [3.63, 3.8) is 0 Å². The summed E-state index contributed by atoms with van der Waals surface area (Å²) in [5.41, 5.74) is 2.27. The van der Waals surface area contributed by atoms with Gasteiger partial charge in [-0.15, -0.1) is 0 Å². The quantitative estimate of drug-likeness (QED) is 0.730. The lowest BCUT2D eigenvalue weighted by Crippen LogP contribution is -1.96. The van der Waals surface area contributed by atoms with E-state index >= 15 is 0 Å². The van der Waals surface area contributed by atoms with E-state index < -0.39 is 0 Å². The number of unbranched alkanes of at least 4 members (excludes halogenated alkanes) is 4. The first-order chi connectivity index (χ1) is 8.85. The van der Waals surface area contributed by atoms with E-state index in [0.29, 0.717) is 0 Å². The molecule has 1 heterocycles. The van der Waals surface area contributed by atoms with Crippen LogP contribution in [0.1, 0.15) is 44.6 Å². The Morgan fingerprint density at radius 3 is 2.67 bits per heavy atom. The van der Waals surface area contributed by atoms with Gasteiger partial charge in [-0.1, -0.05) is 38.7 Å². The molecule has 0 unspecified atom stereocenters. The second kappa shape index (κ2) is 6.60. The maximum Gasteiger partial charge on any atom is 0.0682 e. The van der Waals surface area contributed by atoms with Crippen molar-refractivity contribution in [1.29, 1.82) is 0 Å². The van der Waals surface area contributed by atoms with Crippen LogP contribution in [-0.4, -0.2) is 9.67 Å². The summed E-state index contributed by atoms with van der Waals surface area (Å²) in [6, 6.07) is 8.34. The van der Waals surface area contributed by atoms with Crippen molar-refractivity contribution in [3.8, 4) is 0 Å². The fourth-order valence-corrected chi connectivity index (χ4v) is 2.43. The molecule has 0 saturated heterocycles. The van der Waals surface area contributed by atoms with E-state index in [-0.39, 0.29) is 6.61 Å². The van der Waals surface area contributed by atoms with Crippen LogP contribution in [0.5, 0.6) is 0 Å². The molecule has 0 aliphatic carbocycles. The zero-order valence-electron chi connectivity index (χ0n) is 11.2. The Morgan fingerprint density at radius 2 is 1.89 bits per heavy atom. The number of aryl methyl sites for hydroxylation is 1. The van der Waals surface area contributed by atoms with Crippen molar-refractivity contribution in [1.82, 2.24) is 4.57 Å². The highest BCUT2D eigenvalue weighted by molar-refractivity contribution is 5.80. The van der Waals surface area contributed by atoms with Crippen LogP contribution in [0, 0.1) is 0 Å². The van der Waals surface area contributed by atoms with Crippen LogP contribution in [0.15, 0.2) is 30.5 Å². The van der Waals surface area contributed by atoms with Gasteiger partial charge in [0.25, 0.3) is 0 Å². The Morgan fingerprint density at radius 1 is 1.06 bits per heavy atom. The van der Waals surface area contributed by atoms with E-state index in [0.717, 1.165) is 12.1 Å². The average Bonchev–Trinajstić information content (AvgIpc) is 2.81. The Kier molecular flexibility index (Phi) is 4.82. The van der Waals surface area contributed by atoms with Crippen molar-refractivity contribution in [2.24, 2.45) is 0 Å². The van der Waals surface area contributed by atoms with Crippen molar-refractivity contribution in [2.75, 3.05) is 0 Å². The van der Waals surface area contributed by atoms with Crippen LogP contribution in [0.3, 0.4) is 0 Å². The summed E-state index contributed by atoms with van der Waals surface area (Å²) in [6.07, 6.45) is 8.74. The summed E-state index contributed by atoms with van der Waals surface area (Å²) in [5, 5.41) is 10.4. The molecule has 0 aliphatic rings. The van der Waals surface area contributed by atoms with Gasteiger partial charge in [0.1, 0.15) is 0 Å². The maximum absolute atomic E-state index is 9.12. The molecular weight excluding hydrogens is 222 g/mol. The molecule has 0 amide bonds. The lowest BCUT2D eigenvalue weighted by molar-refractivity contribution is 0.282. The number of benzene rings is 1. The van der Waals surface area contributed by atoms with E-state index in [1.165, 1.54) is 43.0 Å². The van der Waals surface area contributed by atoms with E-state index in [9.17, 15) is 0 Å². The van der Waals surface area contributed by atoms with Crippen LogP contribution in [0.25, 0.3) is 10.9 Å². The minimum atomic E-state index is 0.123. The first-order valence-electron chi connectivity index (χ1n) is 7.03. The van der Waals surface area contributed by atoms with Gasteiger partial charge < -0.3 is 9.67 Å². The lowest BCUT2D eigenvalue weighted by atomic mass is 10.1. The highest BCUT2D eigenvalue weighted by Gasteiger charge is 2.01. The highest BCUT2D eigenvalue weighted by Crippen LogP contribution is 2.18. The Hall–Kier alpha value is -1.28. The SMILES string of the molecule is CCCCCCCn1ccc2cc(CO)ccc21. The molecule has 0 radical (unpaired) electrons. The summed E-state index contributed by atoms with van der Waals surface area (Å²) >= 11 is 0. The highest BCUT2D eigenvalue weighted by atomic mass is 16.3. The summed E-state index contributed by atoms with van der Waals surface area (Å²) in [5.74, 6) is 0. The third kappa shape index (κ3) is 3.14. The second-order valence-electron chi connectivity index (χ2n) is 4.97. The van der Waals surface area contributed by atoms with Crippen LogP contribution >= 0.6 is 0 Å². The predicted molar refractivity (Wildman–Crippen MR) is 76.6 cm³/mol. The molecule has 2 rings (SSSR count). The lowest BCUT2D eigenvalue weighted by Gasteiger charge is -2.06. The summed E-state index contributed by atoms with van der Waals surface area (Å²) in [4.78, 5) is 0. The molecule has 18 heavy (non-hydrogen) atoms. The van der Waals surface area contributed by atoms with E-state index in [1.807, 2.05) is 6.07 Å². The van der Waals surface area contributed by atoms with Gasteiger partial charge in [-0.2, -0.15) is 0 Å². The topological polar surface area (TPSA) is 25.2 Å². The smallest absolute Gasteiger partial charge is 0.0682 e. The largest absolute Gasteiger partial charge is 0.392 e. The number of aromatic nitrogens is 1. The fraction of sp³-hybridized carbons (Fsp3) is 0.500. The minimum Gasteiger partial charge on any atom is -0.392 e. The number of hydrogen-bond acceptors (Lipinski definition) is 1. The summed E-state index contributed by atoms with van der Waals surface area (Å²) < 4.78 is 2.32. The van der Waals surface area contributed by atoms with Gasteiger partial charge in [0.05, 0.1) is 6.61 Å². The van der Waals surface area contributed by atoms with Crippen molar-refractivity contribution in [3.05, 3.63) is 36.0 Å². The third-order valence-electron chi connectivity index (χ3n) is 3.52. The molecule has 0 spiro atoms. The van der Waals surface area contributed by atoms with Gasteiger partial charge in [-0.25, -0.2) is 0 Å². The zero-order chi connectivity index (χ0) is 12.8. The number of hydrogen-bond donors (Lipinski definition) is 1. The van der Waals surface area contributed by atoms with E-state index in [1.54, 1.807) is 0 Å². The number of fused-ring (bicyclic) bond motifs is 1. The number of aliphatic hydroxyl groups is 1. The van der Waals surface area contributed by atoms with Crippen molar-refractivity contribution in [2.45, 2.75) is 52.2 Å². The Bertz CT molecular complexity index is 487. The first kappa shape index (κ1) is 13.2. The molecule has 98 valence electrons. The second-order valence-corrected chi connectivity index (χ2v) is 4.97. The monoisotopic (exact) mass is 245 g/mol. The van der Waals surface area contributed by atoms with Gasteiger partial charge in [-0.3, -0.25) is 0 Å². The molecule has 2 nitrogen and oxygen atoms in total. The molecule has 1 aromatic heterocycles. The van der Waals surface area contributed by atoms with Gasteiger partial charge in [0, 0.05) is 18.3 Å². The summed E-state index contributed by atoms with van der Waals surface area (Å²) in [6.45, 7) is 3.47. The number of nitrogens with zero attached hydrogens (tertiary/aromatic N) is 1. The molecule has 1 N–H and O–H groups in total. The molecule has 0 saturated carbocycles. The van der Waals surface area contributed by atoms with Crippen LogP contribution in [0.2, 0.25) is 0 Å². The predicted octanol–water partition coefficient (Wildman–Crippen LogP) is 4.10. The zero-order valence-corrected chi connectivity index (χ0v) is 11.2. The molecule has 1 aromatic carbocycles. The summed E-state index contributed by atoms with van der Waals surface area (Å²) in [7, 11) is 0. The van der Waals surface area contributed by atoms with Crippen molar-refractivity contribution < 1.29 is 5.11 Å². The standard InChI is InChI=1S/C16H23NO/c1-2-3-4-5-6-10-17-11-9-15-12-14(13-18)7-8-16(15)17/h7-9,11-12,18H,2-6,10,13H2,1H3. The normalized spacial score (nSPS) is 11.2. The van der Waals surface area contributed by atoms with Crippen LogP contribution in [-0.2, 0) is 13.2 Å². The third-order valence-corrected chi connectivity index (χ3v) is 3.52. The Labute approximate surface area is 109 Å². The Balaban J connectivity index is 1.97. The fourth-order valence-electron chi connectivity index (χ4n) is 2.43. The van der Waals surface area contributed by atoms with Crippen LogP contribution in [0.4, 0.5) is 0 Å². The molecule has 2 aromatic rings. The molecular formula is C16H23NO. The van der Waals surface area contributed by atoms with Gasteiger partial charge >= 0.3 is 0 Å². The molecule has 0 fully saturated rings. The molecule has 2 heteroatoms. The maximum atomic E-state index is 9.12. The molecule has 0 atom stereocenters. The van der Waals surface area contributed by atoms with Gasteiger partial charge in [0.15, 0.2) is 0 Å². The van der Waals surface area contributed by atoms with E-state index in [4.69, 9.17) is 5.11 Å². The molecule has 0 bridgehead atoms. The van der Waals surface area contributed by atoms with Gasteiger partial charge in [-0.05, 0) is 35.6 Å². The first-order valence-corrected chi connectivity index (χ1v) is 7.03.